The van der Waals surface area contributed by atoms with Crippen LogP contribution in [-0.4, -0.2) is 17.3 Å². The number of imide groups is 1. The fourth-order valence-corrected chi connectivity index (χ4v) is 5.45. The molecule has 5 nitrogen and oxygen atoms in total. The Hall–Kier alpha value is -0.910. The molecule has 4 saturated carbocycles. The average molecular weight is 269 g/mol. The molecule has 4 amide bonds. The minimum Gasteiger partial charge on any atom is -0.351 e. The van der Waals surface area contributed by atoms with Gasteiger partial charge in [0.1, 0.15) is 0 Å². The monoisotopic (exact) mass is 269 g/mol. The van der Waals surface area contributed by atoms with Gasteiger partial charge in [-0.1, -0.05) is 0 Å². The minimum atomic E-state index is -0.807. The van der Waals surface area contributed by atoms with Crippen LogP contribution in [0.3, 0.4) is 0 Å². The molecule has 100 valence electrons. The van der Waals surface area contributed by atoms with Gasteiger partial charge >= 0.3 is 12.1 Å². The number of hydrogen-bond acceptors (Lipinski definition) is 3. The molecule has 4 aliphatic rings. The van der Waals surface area contributed by atoms with E-state index < -0.39 is 12.1 Å². The molecule has 0 aromatic rings. The molecule has 4 bridgehead atoms. The van der Waals surface area contributed by atoms with Gasteiger partial charge in [0.05, 0.1) is 0 Å². The van der Waals surface area contributed by atoms with Gasteiger partial charge in [-0.3, -0.25) is 10.0 Å². The molecule has 0 saturated heterocycles. The number of carbonyl (C=O) groups is 2. The van der Waals surface area contributed by atoms with Gasteiger partial charge in [-0.15, -0.1) is 0 Å². The Balaban J connectivity index is 1.54. The van der Waals surface area contributed by atoms with Crippen LogP contribution in [0, 0.1) is 23.7 Å². The molecule has 0 radical (unpaired) electrons. The number of nitrogens with two attached hydrogens (primary N) is 1. The van der Waals surface area contributed by atoms with Crippen molar-refractivity contribution in [3.63, 3.8) is 0 Å². The molecule has 0 unspecified atom stereocenters. The average Bonchev–Trinajstić information content (AvgIpc) is 2.25. The molecule has 4 rings (SSSR count). The van der Waals surface area contributed by atoms with E-state index in [1.54, 1.807) is 0 Å². The third-order valence-electron chi connectivity index (χ3n) is 4.66. The molecule has 4 fully saturated rings. The number of amides is 4. The van der Waals surface area contributed by atoms with Crippen LogP contribution in [0.5, 0.6) is 0 Å². The molecule has 6 heteroatoms. The van der Waals surface area contributed by atoms with Crippen LogP contribution in [0.15, 0.2) is 0 Å². The van der Waals surface area contributed by atoms with Crippen molar-refractivity contribution >= 4 is 24.0 Å². The molecule has 0 aliphatic heterocycles. The molecule has 0 atom stereocenters. The van der Waals surface area contributed by atoms with E-state index in [0.29, 0.717) is 5.25 Å². The molecule has 0 aromatic heterocycles. The second kappa shape index (κ2) is 4.64. The lowest BCUT2D eigenvalue weighted by molar-refractivity contribution is 0.0266. The standard InChI is InChI=1S/C12H19N3O2S/c13-11(16)14-12(17)15-18-10-8-2-6-1-7(4-8)5-9(10)3-6/h6-10H,1-5H2,(H4,13,14,15,16,17). The summed E-state index contributed by atoms with van der Waals surface area (Å²) in [5, 5.41) is 2.56. The number of primary amides is 1. The zero-order valence-electron chi connectivity index (χ0n) is 10.2. The maximum Gasteiger partial charge on any atom is 0.332 e. The highest BCUT2D eigenvalue weighted by atomic mass is 32.2. The second-order valence-corrected chi connectivity index (χ2v) is 6.92. The van der Waals surface area contributed by atoms with Crippen LogP contribution in [0.25, 0.3) is 0 Å². The van der Waals surface area contributed by atoms with Crippen molar-refractivity contribution in [3.05, 3.63) is 0 Å². The summed E-state index contributed by atoms with van der Waals surface area (Å²) < 4.78 is 2.71. The Morgan fingerprint density at radius 3 is 2.06 bits per heavy atom. The van der Waals surface area contributed by atoms with E-state index in [1.165, 1.54) is 44.1 Å². The highest BCUT2D eigenvalue weighted by Gasteiger charge is 2.48. The van der Waals surface area contributed by atoms with Crippen LogP contribution in [0.4, 0.5) is 9.59 Å². The lowest BCUT2D eigenvalue weighted by Gasteiger charge is -2.53. The first-order valence-electron chi connectivity index (χ1n) is 6.64. The number of rotatable bonds is 2. The molecule has 4 aliphatic carbocycles. The van der Waals surface area contributed by atoms with E-state index in [2.05, 4.69) is 4.72 Å². The molecule has 18 heavy (non-hydrogen) atoms. The van der Waals surface area contributed by atoms with Gasteiger partial charge in [0.25, 0.3) is 0 Å². The SMILES string of the molecule is NC(=O)NC(=O)NSC1C2CC3CC(C2)CC1C3. The summed E-state index contributed by atoms with van der Waals surface area (Å²) in [7, 11) is 0. The minimum absolute atomic E-state index is 0.499. The quantitative estimate of drug-likeness (QED) is 0.669. The summed E-state index contributed by atoms with van der Waals surface area (Å²) in [5.74, 6) is 3.37. The van der Waals surface area contributed by atoms with Crippen molar-refractivity contribution in [1.29, 1.82) is 0 Å². The molecule has 0 spiro atoms. The largest absolute Gasteiger partial charge is 0.351 e. The third kappa shape index (κ3) is 2.30. The predicted octanol–water partition coefficient (Wildman–Crippen LogP) is 1.84. The van der Waals surface area contributed by atoms with Gasteiger partial charge < -0.3 is 5.73 Å². The van der Waals surface area contributed by atoms with E-state index in [0.717, 1.165) is 23.7 Å². The molecule has 0 aromatic carbocycles. The Labute approximate surface area is 111 Å². The second-order valence-electron chi connectivity index (χ2n) is 5.93. The number of urea groups is 2. The van der Waals surface area contributed by atoms with Gasteiger partial charge in [0.2, 0.25) is 0 Å². The van der Waals surface area contributed by atoms with Crippen LogP contribution < -0.4 is 15.8 Å². The summed E-state index contributed by atoms with van der Waals surface area (Å²) in [5.41, 5.74) is 4.90. The number of carbonyl (C=O) groups excluding carboxylic acids is 2. The van der Waals surface area contributed by atoms with E-state index >= 15 is 0 Å². The van der Waals surface area contributed by atoms with Crippen LogP contribution >= 0.6 is 11.9 Å². The highest BCUT2D eigenvalue weighted by molar-refractivity contribution is 7.98. The van der Waals surface area contributed by atoms with Crippen LogP contribution in [0.2, 0.25) is 0 Å². The lowest BCUT2D eigenvalue weighted by atomic mass is 9.56. The van der Waals surface area contributed by atoms with E-state index in [9.17, 15) is 9.59 Å². The summed E-state index contributed by atoms with van der Waals surface area (Å²) in [4.78, 5) is 21.9. The molecular formula is C12H19N3O2S. The maximum atomic E-state index is 11.3. The van der Waals surface area contributed by atoms with E-state index in [4.69, 9.17) is 5.73 Å². The normalized spacial score (nSPS) is 40.6. The van der Waals surface area contributed by atoms with Crippen molar-refractivity contribution in [1.82, 2.24) is 10.0 Å². The van der Waals surface area contributed by atoms with Crippen molar-refractivity contribution in [2.75, 3.05) is 0 Å². The number of hydrogen-bond donors (Lipinski definition) is 3. The Bertz CT molecular complexity index is 346. The predicted molar refractivity (Wildman–Crippen MR) is 69.7 cm³/mol. The Morgan fingerprint density at radius 2 is 1.56 bits per heavy atom. The first kappa shape index (κ1) is 12.1. The van der Waals surface area contributed by atoms with Crippen LogP contribution in [-0.2, 0) is 0 Å². The Kier molecular flexibility index (Phi) is 3.13. The fourth-order valence-electron chi connectivity index (χ4n) is 4.33. The zero-order valence-corrected chi connectivity index (χ0v) is 11.0. The smallest absolute Gasteiger partial charge is 0.332 e. The van der Waals surface area contributed by atoms with Gasteiger partial charge in [0.15, 0.2) is 0 Å². The summed E-state index contributed by atoms with van der Waals surface area (Å²) in [6.45, 7) is 0. The number of nitrogens with one attached hydrogen (secondary N) is 2. The van der Waals surface area contributed by atoms with Crippen molar-refractivity contribution in [3.8, 4) is 0 Å². The summed E-state index contributed by atoms with van der Waals surface area (Å²) in [6, 6.07) is -1.31. The fraction of sp³-hybridized carbons (Fsp3) is 0.833. The van der Waals surface area contributed by atoms with Crippen molar-refractivity contribution in [2.45, 2.75) is 37.4 Å². The zero-order chi connectivity index (χ0) is 12.7. The first-order valence-corrected chi connectivity index (χ1v) is 7.52. The van der Waals surface area contributed by atoms with Gasteiger partial charge in [0, 0.05) is 5.25 Å². The molecule has 0 heterocycles. The van der Waals surface area contributed by atoms with Crippen molar-refractivity contribution < 1.29 is 9.59 Å². The first-order chi connectivity index (χ1) is 8.61. The van der Waals surface area contributed by atoms with Gasteiger partial charge in [-0.25, -0.2) is 9.59 Å². The molecular weight excluding hydrogens is 250 g/mol. The highest BCUT2D eigenvalue weighted by Crippen LogP contribution is 2.56. The molecule has 4 N–H and O–H groups in total. The van der Waals surface area contributed by atoms with Gasteiger partial charge in [-0.05, 0) is 67.7 Å². The van der Waals surface area contributed by atoms with E-state index in [1.807, 2.05) is 5.32 Å². The topological polar surface area (TPSA) is 84.2 Å². The van der Waals surface area contributed by atoms with E-state index in [-0.39, 0.29) is 0 Å². The maximum absolute atomic E-state index is 11.3. The van der Waals surface area contributed by atoms with Gasteiger partial charge in [-0.2, -0.15) is 0 Å². The third-order valence-corrected chi connectivity index (χ3v) is 6.01. The van der Waals surface area contributed by atoms with Crippen LogP contribution in [0.1, 0.15) is 32.1 Å². The Morgan fingerprint density at radius 1 is 1.00 bits per heavy atom. The van der Waals surface area contributed by atoms with Crippen molar-refractivity contribution in [2.24, 2.45) is 29.4 Å². The summed E-state index contributed by atoms with van der Waals surface area (Å²) >= 11 is 1.49. The lowest BCUT2D eigenvalue weighted by Crippen LogP contribution is -2.49. The summed E-state index contributed by atoms with van der Waals surface area (Å²) in [6.07, 6.45) is 6.72.